The molecular formula is C34H45N5O5. The molecule has 1 unspecified atom stereocenters. The topological polar surface area (TPSA) is 120 Å². The number of aryl methyl sites for hydroxylation is 1. The van der Waals surface area contributed by atoms with Crippen LogP contribution in [0, 0.1) is 5.41 Å². The number of likely N-dealkylation sites (tertiary alicyclic amines) is 1. The normalized spacial score (nSPS) is 19.1. The number of hydrogen-bond donors (Lipinski definition) is 2. The van der Waals surface area contributed by atoms with Crippen molar-refractivity contribution in [3.8, 4) is 0 Å². The third-order valence-corrected chi connectivity index (χ3v) is 8.05. The summed E-state index contributed by atoms with van der Waals surface area (Å²) >= 11 is 0. The van der Waals surface area contributed by atoms with Gasteiger partial charge < -0.3 is 20.3 Å². The third kappa shape index (κ3) is 7.84. The third-order valence-electron chi connectivity index (χ3n) is 8.05. The van der Waals surface area contributed by atoms with Gasteiger partial charge in [0.2, 0.25) is 11.8 Å². The summed E-state index contributed by atoms with van der Waals surface area (Å²) in [5.74, 6) is -0.897. The van der Waals surface area contributed by atoms with Gasteiger partial charge in [-0.15, -0.1) is 0 Å². The molecule has 2 N–H and O–H groups in total. The first kappa shape index (κ1) is 32.7. The highest BCUT2D eigenvalue weighted by atomic mass is 16.6. The van der Waals surface area contributed by atoms with Crippen molar-refractivity contribution in [2.75, 3.05) is 20.1 Å². The standard InChI is InChI=1S/C34H45N5O5/c1-32(2,3)44-31(43)36-33(4,5)29(41)35-26(19-13-18-24-14-9-7-10-15-24)28(40)39-21-20-27-34(23-39,30(42)38(6)37-27)22-25-16-11-8-12-17-25/h7-12,14-17,26H,13,18-23H2,1-6H3,(H,35,41)(H,36,43)/t26-,34?/m1/s1. The van der Waals surface area contributed by atoms with Crippen LogP contribution in [0.25, 0.3) is 0 Å². The van der Waals surface area contributed by atoms with E-state index in [1.807, 2.05) is 60.7 Å². The summed E-state index contributed by atoms with van der Waals surface area (Å²) in [6.45, 7) is 8.94. The molecule has 44 heavy (non-hydrogen) atoms. The molecule has 0 bridgehead atoms. The zero-order valence-corrected chi connectivity index (χ0v) is 26.7. The molecule has 0 spiro atoms. The van der Waals surface area contributed by atoms with E-state index >= 15 is 0 Å². The van der Waals surface area contributed by atoms with Crippen LogP contribution in [-0.2, 0) is 32.0 Å². The van der Waals surface area contributed by atoms with Crippen LogP contribution in [-0.4, -0.2) is 76.8 Å². The first-order chi connectivity index (χ1) is 20.7. The molecule has 10 heteroatoms. The van der Waals surface area contributed by atoms with Gasteiger partial charge in [0.15, 0.2) is 0 Å². The van der Waals surface area contributed by atoms with Gasteiger partial charge in [-0.2, -0.15) is 5.10 Å². The van der Waals surface area contributed by atoms with Crippen molar-refractivity contribution in [2.45, 2.75) is 83.9 Å². The van der Waals surface area contributed by atoms with E-state index in [2.05, 4.69) is 15.7 Å². The lowest BCUT2D eigenvalue weighted by Gasteiger charge is -2.41. The Morgan fingerprint density at radius 2 is 1.59 bits per heavy atom. The van der Waals surface area contributed by atoms with Gasteiger partial charge in [0.1, 0.15) is 22.6 Å². The molecule has 4 amide bonds. The average Bonchev–Trinajstić information content (AvgIpc) is 3.20. The number of ether oxygens (including phenoxy) is 1. The van der Waals surface area contributed by atoms with Gasteiger partial charge in [-0.25, -0.2) is 9.80 Å². The van der Waals surface area contributed by atoms with Gasteiger partial charge in [-0.1, -0.05) is 60.7 Å². The van der Waals surface area contributed by atoms with E-state index in [1.54, 1.807) is 46.6 Å². The summed E-state index contributed by atoms with van der Waals surface area (Å²) in [4.78, 5) is 55.5. The molecule has 0 aromatic heterocycles. The number of hydrogen-bond acceptors (Lipinski definition) is 6. The molecule has 2 heterocycles. The summed E-state index contributed by atoms with van der Waals surface area (Å²) in [5.41, 5.74) is -0.131. The number of nitrogens with zero attached hydrogens (tertiary/aromatic N) is 3. The molecule has 1 fully saturated rings. The van der Waals surface area contributed by atoms with Crippen molar-refractivity contribution in [3.63, 3.8) is 0 Å². The van der Waals surface area contributed by atoms with Crippen LogP contribution in [0.2, 0.25) is 0 Å². The van der Waals surface area contributed by atoms with E-state index in [1.165, 1.54) is 5.01 Å². The Bertz CT molecular complexity index is 1390. The summed E-state index contributed by atoms with van der Waals surface area (Å²) in [6.07, 6.45) is 1.94. The number of amides is 4. The highest BCUT2D eigenvalue weighted by Crippen LogP contribution is 2.38. The lowest BCUT2D eigenvalue weighted by atomic mass is 9.73. The van der Waals surface area contributed by atoms with Crippen molar-refractivity contribution in [1.82, 2.24) is 20.5 Å². The summed E-state index contributed by atoms with van der Waals surface area (Å²) in [6, 6.07) is 18.9. The lowest BCUT2D eigenvalue weighted by molar-refractivity contribution is -0.142. The Balaban J connectivity index is 1.54. The molecule has 1 saturated heterocycles. The van der Waals surface area contributed by atoms with Crippen LogP contribution in [0.1, 0.15) is 65.0 Å². The van der Waals surface area contributed by atoms with Crippen LogP contribution in [0.5, 0.6) is 0 Å². The number of piperidine rings is 1. The lowest BCUT2D eigenvalue weighted by Crippen LogP contribution is -2.62. The highest BCUT2D eigenvalue weighted by Gasteiger charge is 2.54. The number of benzene rings is 2. The largest absolute Gasteiger partial charge is 0.444 e. The molecule has 10 nitrogen and oxygen atoms in total. The minimum Gasteiger partial charge on any atom is -0.444 e. The van der Waals surface area contributed by atoms with E-state index in [-0.39, 0.29) is 18.4 Å². The van der Waals surface area contributed by atoms with E-state index in [0.29, 0.717) is 32.2 Å². The van der Waals surface area contributed by atoms with E-state index in [4.69, 9.17) is 4.74 Å². The van der Waals surface area contributed by atoms with Crippen LogP contribution in [0.15, 0.2) is 65.8 Å². The van der Waals surface area contributed by atoms with Crippen molar-refractivity contribution in [2.24, 2.45) is 10.5 Å². The number of alkyl carbamates (subject to hydrolysis) is 1. The SMILES string of the molecule is CN1N=C2CCN(C(=O)[C@@H](CCCc3ccccc3)NC(=O)C(C)(C)NC(=O)OC(C)(C)C)CC2(Cc2ccccc2)C1=O. The molecular weight excluding hydrogens is 558 g/mol. The predicted octanol–water partition coefficient (Wildman–Crippen LogP) is 4.09. The number of carbonyl (C=O) groups excluding carboxylic acids is 4. The maximum absolute atomic E-state index is 14.2. The second kappa shape index (κ2) is 13.2. The zero-order chi connectivity index (χ0) is 32.1. The summed E-state index contributed by atoms with van der Waals surface area (Å²) < 4.78 is 5.35. The number of nitrogens with one attached hydrogen (secondary N) is 2. The van der Waals surface area contributed by atoms with Crippen molar-refractivity contribution in [3.05, 3.63) is 71.8 Å². The van der Waals surface area contributed by atoms with E-state index in [9.17, 15) is 19.2 Å². The van der Waals surface area contributed by atoms with Crippen LogP contribution < -0.4 is 10.6 Å². The Morgan fingerprint density at radius 1 is 0.977 bits per heavy atom. The fourth-order valence-corrected chi connectivity index (χ4v) is 5.80. The number of hydrazone groups is 1. The minimum absolute atomic E-state index is 0.138. The summed E-state index contributed by atoms with van der Waals surface area (Å²) in [7, 11) is 1.65. The zero-order valence-electron chi connectivity index (χ0n) is 26.7. The monoisotopic (exact) mass is 603 g/mol. The second-order valence-corrected chi connectivity index (χ2v) is 13.3. The van der Waals surface area contributed by atoms with Crippen molar-refractivity contribution >= 4 is 29.5 Å². The minimum atomic E-state index is -1.35. The highest BCUT2D eigenvalue weighted by molar-refractivity contribution is 6.13. The Labute approximate surface area is 260 Å². The van der Waals surface area contributed by atoms with Crippen molar-refractivity contribution < 1.29 is 23.9 Å². The maximum atomic E-state index is 14.2. The van der Waals surface area contributed by atoms with Gasteiger partial charge >= 0.3 is 6.09 Å². The molecule has 2 aliphatic heterocycles. The fourth-order valence-electron chi connectivity index (χ4n) is 5.80. The van der Waals surface area contributed by atoms with Gasteiger partial charge in [0.05, 0.1) is 5.71 Å². The number of rotatable bonds is 10. The van der Waals surface area contributed by atoms with Crippen molar-refractivity contribution in [1.29, 1.82) is 0 Å². The number of carbonyl (C=O) groups is 4. The number of fused-ring (bicyclic) bond motifs is 1. The van der Waals surface area contributed by atoms with Gasteiger partial charge in [0.25, 0.3) is 5.91 Å². The second-order valence-electron chi connectivity index (χ2n) is 13.3. The molecule has 2 atom stereocenters. The van der Waals surface area contributed by atoms with Crippen LogP contribution >= 0.6 is 0 Å². The fraction of sp³-hybridized carbons (Fsp3) is 0.500. The molecule has 0 aliphatic carbocycles. The van der Waals surface area contributed by atoms with Gasteiger partial charge in [-0.05, 0) is 71.4 Å². The first-order valence-corrected chi connectivity index (χ1v) is 15.2. The van der Waals surface area contributed by atoms with Crippen LogP contribution in [0.3, 0.4) is 0 Å². The van der Waals surface area contributed by atoms with Crippen LogP contribution in [0.4, 0.5) is 4.79 Å². The van der Waals surface area contributed by atoms with Gasteiger partial charge in [-0.3, -0.25) is 14.4 Å². The molecule has 2 aromatic rings. The van der Waals surface area contributed by atoms with E-state index < -0.39 is 34.6 Å². The molecule has 0 saturated carbocycles. The quantitative estimate of drug-likeness (QED) is 0.424. The smallest absolute Gasteiger partial charge is 0.408 e. The molecule has 0 radical (unpaired) electrons. The molecule has 4 rings (SSSR count). The first-order valence-electron chi connectivity index (χ1n) is 15.2. The molecule has 2 aliphatic rings. The van der Waals surface area contributed by atoms with Gasteiger partial charge in [0, 0.05) is 26.6 Å². The Morgan fingerprint density at radius 3 is 2.20 bits per heavy atom. The Hall–Kier alpha value is -4.21. The molecule has 236 valence electrons. The predicted molar refractivity (Wildman–Crippen MR) is 169 cm³/mol. The Kier molecular flexibility index (Phi) is 9.81. The maximum Gasteiger partial charge on any atom is 0.408 e. The van der Waals surface area contributed by atoms with E-state index in [0.717, 1.165) is 23.3 Å². The molecule has 2 aromatic carbocycles. The summed E-state index contributed by atoms with van der Waals surface area (Å²) in [5, 5.41) is 11.5. The average molecular weight is 604 g/mol.